The third kappa shape index (κ3) is 2.96. The highest BCUT2D eigenvalue weighted by Crippen LogP contribution is 2.55. The lowest BCUT2D eigenvalue weighted by molar-refractivity contribution is -0.140. The average molecular weight is 396 g/mol. The quantitative estimate of drug-likeness (QED) is 0.620. The molecule has 0 saturated carbocycles. The molecule has 0 aliphatic carbocycles. The number of carbonyl (C=O) groups excluding carboxylic acids is 2. The molecular formula is C26H24N2O2. The average Bonchev–Trinajstić information content (AvgIpc) is 3.23. The van der Waals surface area contributed by atoms with Crippen molar-refractivity contribution in [3.8, 4) is 0 Å². The van der Waals surface area contributed by atoms with Crippen LogP contribution in [-0.2, 0) is 16.1 Å². The maximum Gasteiger partial charge on any atom is 0.234 e. The molecule has 3 aromatic rings. The fraction of sp³-hybridized carbons (Fsp3) is 0.231. The second kappa shape index (κ2) is 7.54. The van der Waals surface area contributed by atoms with Gasteiger partial charge >= 0.3 is 0 Å². The fourth-order valence-electron chi connectivity index (χ4n) is 5.20. The van der Waals surface area contributed by atoms with Crippen molar-refractivity contribution in [2.45, 2.75) is 18.6 Å². The van der Waals surface area contributed by atoms with Crippen LogP contribution in [0.4, 0.5) is 0 Å². The lowest BCUT2D eigenvalue weighted by atomic mass is 9.84. The topological polar surface area (TPSA) is 40.6 Å². The molecule has 0 bridgehead atoms. The van der Waals surface area contributed by atoms with Gasteiger partial charge in [0.1, 0.15) is 0 Å². The van der Waals surface area contributed by atoms with Crippen LogP contribution in [-0.4, -0.2) is 28.7 Å². The molecule has 0 spiro atoms. The summed E-state index contributed by atoms with van der Waals surface area (Å²) in [6.07, 6.45) is 0. The van der Waals surface area contributed by atoms with Crippen LogP contribution in [0.3, 0.4) is 0 Å². The van der Waals surface area contributed by atoms with E-state index < -0.39 is 0 Å². The molecule has 4 nitrogen and oxygen atoms in total. The summed E-state index contributed by atoms with van der Waals surface area (Å²) >= 11 is 0. The first-order valence-corrected chi connectivity index (χ1v) is 10.4. The first kappa shape index (κ1) is 18.8. The second-order valence-electron chi connectivity index (χ2n) is 8.16. The van der Waals surface area contributed by atoms with E-state index in [1.165, 1.54) is 10.5 Å². The summed E-state index contributed by atoms with van der Waals surface area (Å²) in [5.41, 5.74) is 3.34. The first-order valence-electron chi connectivity index (χ1n) is 10.4. The van der Waals surface area contributed by atoms with E-state index in [4.69, 9.17) is 0 Å². The molecule has 0 radical (unpaired) electrons. The number of carbonyl (C=O) groups is 2. The maximum absolute atomic E-state index is 13.2. The van der Waals surface area contributed by atoms with Crippen LogP contribution in [0.2, 0.25) is 0 Å². The van der Waals surface area contributed by atoms with Gasteiger partial charge in [-0.3, -0.25) is 19.4 Å². The zero-order valence-corrected chi connectivity index (χ0v) is 16.9. The van der Waals surface area contributed by atoms with Crippen molar-refractivity contribution in [2.24, 2.45) is 11.8 Å². The molecule has 2 saturated heterocycles. The molecule has 4 heteroatoms. The number of rotatable bonds is 4. The highest BCUT2D eigenvalue weighted by Gasteiger charge is 2.61. The van der Waals surface area contributed by atoms with Gasteiger partial charge in [0.25, 0.3) is 0 Å². The summed E-state index contributed by atoms with van der Waals surface area (Å²) in [5.74, 6) is -0.900. The minimum absolute atomic E-state index is 0.0738. The van der Waals surface area contributed by atoms with Gasteiger partial charge in [0.15, 0.2) is 0 Å². The molecule has 0 unspecified atom stereocenters. The van der Waals surface area contributed by atoms with Crippen LogP contribution < -0.4 is 0 Å². The zero-order chi connectivity index (χ0) is 20.7. The molecule has 2 amide bonds. The maximum atomic E-state index is 13.2. The summed E-state index contributed by atoms with van der Waals surface area (Å²) in [5, 5.41) is 0. The molecule has 3 aromatic carbocycles. The van der Waals surface area contributed by atoms with E-state index in [0.717, 1.165) is 11.1 Å². The van der Waals surface area contributed by atoms with Crippen molar-refractivity contribution in [3.63, 3.8) is 0 Å². The Morgan fingerprint density at radius 1 is 0.633 bits per heavy atom. The van der Waals surface area contributed by atoms with Crippen molar-refractivity contribution in [2.75, 3.05) is 7.05 Å². The van der Waals surface area contributed by atoms with Crippen LogP contribution in [0, 0.1) is 11.8 Å². The van der Waals surface area contributed by atoms with Crippen LogP contribution in [0.1, 0.15) is 28.8 Å². The molecule has 0 aromatic heterocycles. The molecule has 4 atom stereocenters. The van der Waals surface area contributed by atoms with Crippen LogP contribution in [0.5, 0.6) is 0 Å². The zero-order valence-electron chi connectivity index (χ0n) is 16.9. The third-order valence-corrected chi connectivity index (χ3v) is 6.50. The van der Waals surface area contributed by atoms with Crippen molar-refractivity contribution < 1.29 is 9.59 Å². The number of amides is 2. The van der Waals surface area contributed by atoms with E-state index in [9.17, 15) is 9.59 Å². The Balaban J connectivity index is 1.68. The van der Waals surface area contributed by atoms with Crippen LogP contribution in [0.25, 0.3) is 0 Å². The summed E-state index contributed by atoms with van der Waals surface area (Å²) in [7, 11) is 1.62. The number of hydrogen-bond donors (Lipinski definition) is 0. The molecular weight excluding hydrogens is 372 g/mol. The largest absolute Gasteiger partial charge is 0.285 e. The summed E-state index contributed by atoms with van der Waals surface area (Å²) in [4.78, 5) is 30.2. The monoisotopic (exact) mass is 396 g/mol. The minimum atomic E-state index is -0.376. The van der Waals surface area contributed by atoms with Gasteiger partial charge in [-0.05, 0) is 16.7 Å². The molecule has 150 valence electrons. The summed E-state index contributed by atoms with van der Waals surface area (Å²) < 4.78 is 0. The van der Waals surface area contributed by atoms with E-state index in [2.05, 4.69) is 41.3 Å². The van der Waals surface area contributed by atoms with Crippen LogP contribution in [0.15, 0.2) is 91.0 Å². The van der Waals surface area contributed by atoms with E-state index in [-0.39, 0.29) is 35.7 Å². The standard InChI is InChI=1S/C26H24N2O2/c1-27-25(29)21-22(26(27)30)24(20-15-9-4-10-16-20)28(17-18-11-5-2-6-12-18)23(21)19-13-7-3-8-14-19/h2-16,21-24H,17H2,1H3/t21-,22+,23+,24-. The Labute approximate surface area is 176 Å². The molecule has 2 aliphatic heterocycles. The molecule has 30 heavy (non-hydrogen) atoms. The van der Waals surface area contributed by atoms with Gasteiger partial charge < -0.3 is 0 Å². The Morgan fingerprint density at radius 3 is 1.47 bits per heavy atom. The Hall–Kier alpha value is -3.24. The van der Waals surface area contributed by atoms with Crippen molar-refractivity contribution in [1.82, 2.24) is 9.80 Å². The number of benzene rings is 3. The highest BCUT2D eigenvalue weighted by atomic mass is 16.2. The predicted molar refractivity (Wildman–Crippen MR) is 115 cm³/mol. The minimum Gasteiger partial charge on any atom is -0.285 e. The highest BCUT2D eigenvalue weighted by molar-refractivity contribution is 6.06. The molecule has 2 aliphatic rings. The lowest BCUT2D eigenvalue weighted by Crippen LogP contribution is -2.36. The Kier molecular flexibility index (Phi) is 4.72. The Morgan fingerprint density at radius 2 is 1.03 bits per heavy atom. The van der Waals surface area contributed by atoms with E-state index in [1.54, 1.807) is 7.05 Å². The number of likely N-dealkylation sites (tertiary alicyclic amines) is 2. The SMILES string of the molecule is CN1C(=O)[C@@H]2[C@H](C1=O)[C@@H](c1ccccc1)N(Cc1ccccc1)[C@H]2c1ccccc1. The normalized spacial score (nSPS) is 26.2. The van der Waals surface area contributed by atoms with Gasteiger partial charge in [0, 0.05) is 25.7 Å². The summed E-state index contributed by atoms with van der Waals surface area (Å²) in [6.45, 7) is 0.678. The Bertz CT molecular complexity index is 987. The summed E-state index contributed by atoms with van der Waals surface area (Å²) in [6, 6.07) is 30.3. The van der Waals surface area contributed by atoms with Gasteiger partial charge in [-0.15, -0.1) is 0 Å². The van der Waals surface area contributed by atoms with Crippen LogP contribution >= 0.6 is 0 Å². The lowest BCUT2D eigenvalue weighted by Gasteiger charge is -2.33. The van der Waals surface area contributed by atoms with Crippen molar-refractivity contribution in [3.05, 3.63) is 108 Å². The second-order valence-corrected chi connectivity index (χ2v) is 8.16. The predicted octanol–water partition coefficient (Wildman–Crippen LogP) is 4.22. The van der Waals surface area contributed by atoms with Gasteiger partial charge in [-0.25, -0.2) is 0 Å². The molecule has 0 N–H and O–H groups in total. The molecule has 2 heterocycles. The molecule has 5 rings (SSSR count). The number of hydrogen-bond acceptors (Lipinski definition) is 3. The van der Waals surface area contributed by atoms with E-state index in [0.29, 0.717) is 6.54 Å². The van der Waals surface area contributed by atoms with Crippen molar-refractivity contribution >= 4 is 11.8 Å². The number of imide groups is 1. The fourth-order valence-corrected chi connectivity index (χ4v) is 5.20. The molecule has 2 fully saturated rings. The van der Waals surface area contributed by atoms with Gasteiger partial charge in [-0.2, -0.15) is 0 Å². The van der Waals surface area contributed by atoms with Gasteiger partial charge in [0.05, 0.1) is 11.8 Å². The van der Waals surface area contributed by atoms with Crippen molar-refractivity contribution in [1.29, 1.82) is 0 Å². The van der Waals surface area contributed by atoms with Gasteiger partial charge in [-0.1, -0.05) is 91.0 Å². The number of nitrogens with zero attached hydrogens (tertiary/aromatic N) is 2. The van der Waals surface area contributed by atoms with E-state index >= 15 is 0 Å². The number of fused-ring (bicyclic) bond motifs is 1. The first-order chi connectivity index (χ1) is 14.7. The third-order valence-electron chi connectivity index (χ3n) is 6.50. The van der Waals surface area contributed by atoms with Gasteiger partial charge in [0.2, 0.25) is 11.8 Å². The van der Waals surface area contributed by atoms with E-state index in [1.807, 2.05) is 54.6 Å². The smallest absolute Gasteiger partial charge is 0.234 e.